The average molecular weight is 326 g/mol. The Hall–Kier alpha value is -1.40. The molecule has 0 radical (unpaired) electrons. The van der Waals surface area contributed by atoms with Crippen molar-refractivity contribution in [1.29, 1.82) is 0 Å². The average Bonchev–Trinajstić information content (AvgIpc) is 2.66. The first-order chi connectivity index (χ1) is 9.66. The summed E-state index contributed by atoms with van der Waals surface area (Å²) in [5.74, 6) is 0.123. The van der Waals surface area contributed by atoms with Gasteiger partial charge in [0.1, 0.15) is 5.75 Å². The monoisotopic (exact) mass is 326 g/mol. The third kappa shape index (κ3) is 2.70. The second-order valence-corrected chi connectivity index (χ2v) is 7.95. The van der Waals surface area contributed by atoms with Crippen LogP contribution in [0.1, 0.15) is 24.3 Å². The molecule has 6 nitrogen and oxygen atoms in total. The zero-order valence-electron chi connectivity index (χ0n) is 11.5. The molecule has 0 spiro atoms. The first-order valence-electron chi connectivity index (χ1n) is 6.31. The largest absolute Gasteiger partial charge is 0.524 e. The molecule has 0 aliphatic heterocycles. The number of hydrogen-bond acceptors (Lipinski definition) is 5. The number of fused-ring (bicyclic) bond motifs is 3. The van der Waals surface area contributed by atoms with Crippen molar-refractivity contribution < 1.29 is 18.9 Å². The van der Waals surface area contributed by atoms with Crippen LogP contribution in [0.3, 0.4) is 0 Å². The van der Waals surface area contributed by atoms with E-state index in [4.69, 9.17) is 15.5 Å². The van der Waals surface area contributed by atoms with Gasteiger partial charge in [0.25, 0.3) is 0 Å². The summed E-state index contributed by atoms with van der Waals surface area (Å²) >= 11 is 1.45. The number of anilines is 1. The molecular formula is C13H15N2O4PS. The lowest BCUT2D eigenvalue weighted by Crippen LogP contribution is -2.24. The van der Waals surface area contributed by atoms with E-state index < -0.39 is 7.82 Å². The maximum absolute atomic E-state index is 11.0. The fraction of sp³-hybridized carbons (Fsp3) is 0.308. The Morgan fingerprint density at radius 2 is 2.14 bits per heavy atom. The summed E-state index contributed by atoms with van der Waals surface area (Å²) in [6.07, 6.45) is 0.836. The smallest absolute Gasteiger partial charge is 0.404 e. The third-order valence-corrected chi connectivity index (χ3v) is 4.85. The highest BCUT2D eigenvalue weighted by Gasteiger charge is 2.34. The van der Waals surface area contributed by atoms with E-state index in [9.17, 15) is 4.57 Å². The molecular weight excluding hydrogens is 311 g/mol. The molecule has 3 rings (SSSR count). The summed E-state index contributed by atoms with van der Waals surface area (Å²) in [7, 11) is -4.58. The van der Waals surface area contributed by atoms with Gasteiger partial charge in [-0.15, -0.1) is 11.3 Å². The second kappa shape index (κ2) is 4.55. The van der Waals surface area contributed by atoms with E-state index in [1.54, 1.807) is 12.1 Å². The van der Waals surface area contributed by atoms with Crippen molar-refractivity contribution in [3.63, 3.8) is 0 Å². The Balaban J connectivity index is 2.17. The van der Waals surface area contributed by atoms with Crippen LogP contribution in [0.15, 0.2) is 18.2 Å². The van der Waals surface area contributed by atoms with Gasteiger partial charge in [-0.25, -0.2) is 9.55 Å². The number of aromatic nitrogens is 1. The minimum atomic E-state index is -4.58. The number of phosphoric ester groups is 1. The fourth-order valence-electron chi connectivity index (χ4n) is 2.70. The van der Waals surface area contributed by atoms with Crippen LogP contribution in [-0.2, 0) is 16.4 Å². The number of benzene rings is 1. The fourth-order valence-corrected chi connectivity index (χ4v) is 4.16. The molecule has 112 valence electrons. The summed E-state index contributed by atoms with van der Waals surface area (Å²) in [6, 6.07) is 5.02. The minimum Gasteiger partial charge on any atom is -0.404 e. The molecule has 1 heterocycles. The van der Waals surface area contributed by atoms with Gasteiger partial charge in [0.15, 0.2) is 5.13 Å². The highest BCUT2D eigenvalue weighted by atomic mass is 32.1. The molecule has 21 heavy (non-hydrogen) atoms. The molecule has 1 aromatic carbocycles. The van der Waals surface area contributed by atoms with Crippen molar-refractivity contribution >= 4 is 24.3 Å². The zero-order chi connectivity index (χ0) is 15.4. The number of nitrogens with two attached hydrogens (primary N) is 1. The van der Waals surface area contributed by atoms with Crippen LogP contribution in [0.4, 0.5) is 5.13 Å². The van der Waals surface area contributed by atoms with Crippen molar-refractivity contribution in [3.05, 3.63) is 28.6 Å². The minimum absolute atomic E-state index is 0.0953. The maximum Gasteiger partial charge on any atom is 0.524 e. The first-order valence-corrected chi connectivity index (χ1v) is 8.66. The molecule has 0 amide bonds. The van der Waals surface area contributed by atoms with Crippen LogP contribution in [0.2, 0.25) is 0 Å². The SMILES string of the molecule is CC1(C)Cc2sc(N)nc2-c2cc(OP(=O)(O)O)ccc21. The molecule has 0 saturated heterocycles. The van der Waals surface area contributed by atoms with Crippen LogP contribution >= 0.6 is 19.2 Å². The summed E-state index contributed by atoms with van der Waals surface area (Å²) < 4.78 is 15.7. The van der Waals surface area contributed by atoms with Crippen LogP contribution in [0.5, 0.6) is 5.75 Å². The van der Waals surface area contributed by atoms with Gasteiger partial charge in [-0.3, -0.25) is 9.79 Å². The van der Waals surface area contributed by atoms with Crippen molar-refractivity contribution in [3.8, 4) is 17.0 Å². The van der Waals surface area contributed by atoms with Gasteiger partial charge >= 0.3 is 7.82 Å². The number of rotatable bonds is 2. The van der Waals surface area contributed by atoms with Crippen molar-refractivity contribution in [2.75, 3.05) is 5.73 Å². The third-order valence-electron chi connectivity index (χ3n) is 3.52. The second-order valence-electron chi connectivity index (χ2n) is 5.67. The number of phosphoric acid groups is 1. The molecule has 0 saturated carbocycles. The number of hydrogen-bond donors (Lipinski definition) is 3. The van der Waals surface area contributed by atoms with Crippen molar-refractivity contribution in [2.24, 2.45) is 0 Å². The van der Waals surface area contributed by atoms with Crippen LogP contribution in [0.25, 0.3) is 11.3 Å². The Morgan fingerprint density at radius 1 is 1.43 bits per heavy atom. The summed E-state index contributed by atoms with van der Waals surface area (Å²) in [6.45, 7) is 4.24. The molecule has 1 aliphatic rings. The predicted molar refractivity (Wildman–Crippen MR) is 81.4 cm³/mol. The standard InChI is InChI=1S/C13H15N2O4PS/c1-13(2)6-10-11(15-12(14)21-10)8-5-7(3-4-9(8)13)19-20(16,17)18/h3-5H,6H2,1-2H3,(H2,14,15)(H2,16,17,18). The molecule has 0 unspecified atom stereocenters. The van der Waals surface area contributed by atoms with E-state index in [1.807, 2.05) is 6.07 Å². The van der Waals surface area contributed by atoms with Gasteiger partial charge in [-0.05, 0) is 29.5 Å². The normalized spacial score (nSPS) is 16.2. The lowest BCUT2D eigenvalue weighted by molar-refractivity contribution is 0.283. The van der Waals surface area contributed by atoms with Gasteiger partial charge in [0, 0.05) is 10.4 Å². The summed E-state index contributed by atoms with van der Waals surface area (Å²) in [5, 5.41) is 0.491. The molecule has 2 aromatic rings. The topological polar surface area (TPSA) is 106 Å². The Labute approximate surface area is 125 Å². The van der Waals surface area contributed by atoms with Crippen molar-refractivity contribution in [2.45, 2.75) is 25.7 Å². The van der Waals surface area contributed by atoms with Gasteiger partial charge in [0.05, 0.1) is 5.69 Å². The molecule has 0 atom stereocenters. The quantitative estimate of drug-likeness (QED) is 0.733. The van der Waals surface area contributed by atoms with E-state index >= 15 is 0 Å². The van der Waals surface area contributed by atoms with Gasteiger partial charge in [0.2, 0.25) is 0 Å². The predicted octanol–water partition coefficient (Wildman–Crippen LogP) is 2.70. The highest BCUT2D eigenvalue weighted by Crippen LogP contribution is 2.47. The van der Waals surface area contributed by atoms with E-state index in [2.05, 4.69) is 23.4 Å². The first kappa shape index (κ1) is 14.5. The van der Waals surface area contributed by atoms with Crippen LogP contribution in [0, 0.1) is 0 Å². The summed E-state index contributed by atoms with van der Waals surface area (Å²) in [5.41, 5.74) is 8.37. The Morgan fingerprint density at radius 3 is 2.81 bits per heavy atom. The van der Waals surface area contributed by atoms with Gasteiger partial charge in [-0.1, -0.05) is 19.9 Å². The van der Waals surface area contributed by atoms with E-state index in [1.165, 1.54) is 11.3 Å². The molecule has 1 aliphatic carbocycles. The Bertz CT molecular complexity index is 766. The molecule has 0 fully saturated rings. The van der Waals surface area contributed by atoms with E-state index in [0.717, 1.165) is 28.1 Å². The Kier molecular flexibility index (Phi) is 3.15. The summed E-state index contributed by atoms with van der Waals surface area (Å²) in [4.78, 5) is 23.3. The number of nitrogen functional groups attached to an aromatic ring is 1. The van der Waals surface area contributed by atoms with Crippen molar-refractivity contribution in [1.82, 2.24) is 4.98 Å². The number of thiazole rings is 1. The van der Waals surface area contributed by atoms with Gasteiger partial charge < -0.3 is 10.3 Å². The lowest BCUT2D eigenvalue weighted by Gasteiger charge is -2.31. The molecule has 1 aromatic heterocycles. The molecule has 0 bridgehead atoms. The molecule has 8 heteroatoms. The van der Waals surface area contributed by atoms with Gasteiger partial charge in [-0.2, -0.15) is 0 Å². The zero-order valence-corrected chi connectivity index (χ0v) is 13.2. The molecule has 4 N–H and O–H groups in total. The highest BCUT2D eigenvalue weighted by molar-refractivity contribution is 7.46. The van der Waals surface area contributed by atoms with E-state index in [0.29, 0.717) is 5.13 Å². The van der Waals surface area contributed by atoms with Crippen LogP contribution < -0.4 is 10.3 Å². The van der Waals surface area contributed by atoms with E-state index in [-0.39, 0.29) is 11.2 Å². The maximum atomic E-state index is 11.0. The number of nitrogens with zero attached hydrogens (tertiary/aromatic N) is 1. The lowest BCUT2D eigenvalue weighted by atomic mass is 9.74. The van der Waals surface area contributed by atoms with Crippen LogP contribution in [-0.4, -0.2) is 14.8 Å².